The maximum Gasteiger partial charge on any atom is 0.236 e. The molecule has 2 aromatic heterocycles. The van der Waals surface area contributed by atoms with E-state index in [1.165, 1.54) is 18.4 Å². The Morgan fingerprint density at radius 1 is 1.12 bits per heavy atom. The van der Waals surface area contributed by atoms with Crippen LogP contribution in [0, 0.1) is 0 Å². The average molecular weight is 354 g/mol. The Balaban J connectivity index is 2.14. The molecule has 0 amide bonds. The molecule has 0 atom stereocenters. The van der Waals surface area contributed by atoms with Gasteiger partial charge in [-0.1, -0.05) is 23.5 Å². The number of thiazole rings is 1. The molecule has 2 heterocycles. The van der Waals surface area contributed by atoms with E-state index in [9.17, 15) is 4.79 Å². The summed E-state index contributed by atoms with van der Waals surface area (Å²) in [5, 5.41) is 0.817. The third-order valence-electron chi connectivity index (χ3n) is 3.94. The van der Waals surface area contributed by atoms with Gasteiger partial charge < -0.3 is 19.6 Å². The second-order valence-corrected chi connectivity index (χ2v) is 6.36. The van der Waals surface area contributed by atoms with Crippen LogP contribution in [0.4, 0.5) is 5.13 Å². The van der Waals surface area contributed by atoms with Crippen molar-refractivity contribution in [2.75, 3.05) is 20.0 Å². The van der Waals surface area contributed by atoms with E-state index in [-0.39, 0.29) is 11.2 Å². The van der Waals surface area contributed by atoms with Crippen molar-refractivity contribution in [3.63, 3.8) is 0 Å². The number of aromatic nitrogens is 1. The number of para-hydroxylation sites is 1. The minimum absolute atomic E-state index is 0.122. The third kappa shape index (κ3) is 2.32. The highest BCUT2D eigenvalue weighted by atomic mass is 32.1. The Hall–Kier alpha value is -3.06. The Labute approximate surface area is 146 Å². The number of ether oxygens (including phenoxy) is 2. The normalized spacial score (nSPS) is 11.1. The second-order valence-electron chi connectivity index (χ2n) is 5.33. The van der Waals surface area contributed by atoms with E-state index in [1.807, 2.05) is 18.2 Å². The van der Waals surface area contributed by atoms with Crippen LogP contribution < -0.4 is 20.6 Å². The fourth-order valence-corrected chi connectivity index (χ4v) is 3.73. The number of nitrogen functional groups attached to an aromatic ring is 1. The number of rotatable bonds is 3. The summed E-state index contributed by atoms with van der Waals surface area (Å²) in [4.78, 5) is 17.3. The summed E-state index contributed by atoms with van der Waals surface area (Å²) in [6.45, 7) is 0. The highest BCUT2D eigenvalue weighted by Crippen LogP contribution is 2.38. The Morgan fingerprint density at radius 2 is 1.92 bits per heavy atom. The van der Waals surface area contributed by atoms with Crippen molar-refractivity contribution in [1.29, 1.82) is 0 Å². The van der Waals surface area contributed by atoms with Crippen LogP contribution in [0.2, 0.25) is 0 Å². The zero-order chi connectivity index (χ0) is 17.6. The monoisotopic (exact) mass is 354 g/mol. The first-order valence-corrected chi connectivity index (χ1v) is 8.29. The molecule has 0 aliphatic heterocycles. The summed E-state index contributed by atoms with van der Waals surface area (Å²) in [5.41, 5.74) is 7.28. The zero-order valence-electron chi connectivity index (χ0n) is 13.5. The molecule has 2 N–H and O–H groups in total. The predicted octanol–water partition coefficient (Wildman–Crippen LogP) is 3.67. The van der Waals surface area contributed by atoms with E-state index in [4.69, 9.17) is 19.6 Å². The molecule has 4 aromatic rings. The van der Waals surface area contributed by atoms with Crippen LogP contribution in [-0.2, 0) is 0 Å². The van der Waals surface area contributed by atoms with Crippen LogP contribution in [0.1, 0.15) is 0 Å². The van der Waals surface area contributed by atoms with Gasteiger partial charge in [0, 0.05) is 0 Å². The van der Waals surface area contributed by atoms with Crippen molar-refractivity contribution >= 4 is 37.7 Å². The van der Waals surface area contributed by atoms with Crippen molar-refractivity contribution in [3.8, 4) is 22.8 Å². The van der Waals surface area contributed by atoms with Crippen LogP contribution in [0.25, 0.3) is 32.5 Å². The van der Waals surface area contributed by atoms with E-state index >= 15 is 0 Å². The highest BCUT2D eigenvalue weighted by molar-refractivity contribution is 7.23. The van der Waals surface area contributed by atoms with Gasteiger partial charge >= 0.3 is 0 Å². The van der Waals surface area contributed by atoms with E-state index in [0.29, 0.717) is 43.4 Å². The van der Waals surface area contributed by atoms with Gasteiger partial charge in [0.15, 0.2) is 10.9 Å². The molecule has 0 bridgehead atoms. The Morgan fingerprint density at radius 3 is 2.68 bits per heavy atom. The molecule has 6 nitrogen and oxygen atoms in total. The molecule has 0 fully saturated rings. The minimum atomic E-state index is -0.265. The molecule has 2 aromatic carbocycles. The summed E-state index contributed by atoms with van der Waals surface area (Å²) in [6, 6.07) is 10.8. The Bertz CT molecular complexity index is 1160. The molecule has 25 heavy (non-hydrogen) atoms. The van der Waals surface area contributed by atoms with E-state index in [2.05, 4.69) is 4.98 Å². The summed E-state index contributed by atoms with van der Waals surface area (Å²) >= 11 is 1.25. The summed E-state index contributed by atoms with van der Waals surface area (Å²) in [5.74, 6) is 1.04. The van der Waals surface area contributed by atoms with Crippen LogP contribution in [-0.4, -0.2) is 19.2 Å². The first-order chi connectivity index (χ1) is 12.1. The SMILES string of the molecule is COc1ccccc1-c1oc2ccc3nc(N)sc3c2c(=O)c1OC. The fourth-order valence-electron chi connectivity index (χ4n) is 2.86. The molecule has 0 unspecified atom stereocenters. The van der Waals surface area contributed by atoms with Crippen molar-refractivity contribution in [3.05, 3.63) is 46.6 Å². The molecule has 0 spiro atoms. The van der Waals surface area contributed by atoms with E-state index in [1.54, 1.807) is 25.3 Å². The van der Waals surface area contributed by atoms with Crippen LogP contribution in [0.15, 0.2) is 45.6 Å². The van der Waals surface area contributed by atoms with Crippen LogP contribution in [0.3, 0.4) is 0 Å². The smallest absolute Gasteiger partial charge is 0.236 e. The van der Waals surface area contributed by atoms with E-state index in [0.717, 1.165) is 0 Å². The van der Waals surface area contributed by atoms with Gasteiger partial charge in [-0.3, -0.25) is 4.79 Å². The number of anilines is 1. The second kappa shape index (κ2) is 5.78. The first-order valence-electron chi connectivity index (χ1n) is 7.47. The minimum Gasteiger partial charge on any atom is -0.496 e. The molecule has 126 valence electrons. The standard InChI is InChI=1S/C18H14N2O4S/c1-22-11-6-4-3-5-9(11)15-16(23-2)14(21)13-12(24-15)8-7-10-17(13)25-18(19)20-10/h3-8H,1-2H3,(H2,19,20). The van der Waals surface area contributed by atoms with Gasteiger partial charge in [-0.2, -0.15) is 0 Å². The molecular weight excluding hydrogens is 340 g/mol. The lowest BCUT2D eigenvalue weighted by Gasteiger charge is -2.12. The summed E-state index contributed by atoms with van der Waals surface area (Å²) in [7, 11) is 3.01. The molecular formula is C18H14N2O4S. The lowest BCUT2D eigenvalue weighted by Crippen LogP contribution is -2.08. The van der Waals surface area contributed by atoms with Crippen molar-refractivity contribution in [2.45, 2.75) is 0 Å². The molecule has 0 saturated carbocycles. The number of nitrogens with zero attached hydrogens (tertiary/aromatic N) is 1. The summed E-state index contributed by atoms with van der Waals surface area (Å²) in [6.07, 6.45) is 0. The number of hydrogen-bond acceptors (Lipinski definition) is 7. The van der Waals surface area contributed by atoms with Crippen LogP contribution in [0.5, 0.6) is 11.5 Å². The highest BCUT2D eigenvalue weighted by Gasteiger charge is 2.21. The van der Waals surface area contributed by atoms with Crippen molar-refractivity contribution in [1.82, 2.24) is 4.98 Å². The molecule has 0 aliphatic carbocycles. The van der Waals surface area contributed by atoms with Gasteiger partial charge in [0.1, 0.15) is 11.3 Å². The zero-order valence-corrected chi connectivity index (χ0v) is 14.3. The van der Waals surface area contributed by atoms with Crippen molar-refractivity contribution in [2.24, 2.45) is 0 Å². The number of fused-ring (bicyclic) bond motifs is 3. The third-order valence-corrected chi connectivity index (χ3v) is 4.86. The average Bonchev–Trinajstić information content (AvgIpc) is 3.01. The molecule has 4 rings (SSSR count). The maximum absolute atomic E-state index is 13.1. The lowest BCUT2D eigenvalue weighted by atomic mass is 10.1. The fraction of sp³-hybridized carbons (Fsp3) is 0.111. The molecule has 0 radical (unpaired) electrons. The van der Waals surface area contributed by atoms with Crippen LogP contribution >= 0.6 is 11.3 Å². The van der Waals surface area contributed by atoms with Gasteiger partial charge in [0.2, 0.25) is 11.2 Å². The lowest BCUT2D eigenvalue weighted by molar-refractivity contribution is 0.394. The van der Waals surface area contributed by atoms with Gasteiger partial charge in [0.25, 0.3) is 0 Å². The van der Waals surface area contributed by atoms with E-state index < -0.39 is 0 Å². The van der Waals surface area contributed by atoms with Crippen molar-refractivity contribution < 1.29 is 13.9 Å². The van der Waals surface area contributed by atoms with Gasteiger partial charge in [-0.15, -0.1) is 0 Å². The topological polar surface area (TPSA) is 87.6 Å². The summed E-state index contributed by atoms with van der Waals surface area (Å²) < 4.78 is 17.5. The largest absolute Gasteiger partial charge is 0.496 e. The molecule has 0 saturated heterocycles. The first kappa shape index (κ1) is 15.5. The predicted molar refractivity (Wildman–Crippen MR) is 98.6 cm³/mol. The molecule has 0 aliphatic rings. The van der Waals surface area contributed by atoms with Gasteiger partial charge in [-0.25, -0.2) is 4.98 Å². The van der Waals surface area contributed by atoms with Gasteiger partial charge in [-0.05, 0) is 24.3 Å². The number of hydrogen-bond donors (Lipinski definition) is 1. The quantitative estimate of drug-likeness (QED) is 0.604. The number of benzene rings is 2. The maximum atomic E-state index is 13.1. The number of nitrogens with two attached hydrogens (primary N) is 1. The molecule has 7 heteroatoms. The van der Waals surface area contributed by atoms with Gasteiger partial charge in [0.05, 0.1) is 35.4 Å². The number of methoxy groups -OCH3 is 2. The Kier molecular flexibility index (Phi) is 3.58.